The van der Waals surface area contributed by atoms with Crippen molar-refractivity contribution in [3.8, 4) is 5.75 Å². The van der Waals surface area contributed by atoms with Crippen LogP contribution in [-0.4, -0.2) is 44.7 Å². The number of ether oxygens (including phenoxy) is 1. The molecule has 1 saturated heterocycles. The Bertz CT molecular complexity index is 924. The molecule has 0 bridgehead atoms. The van der Waals surface area contributed by atoms with Crippen molar-refractivity contribution in [2.24, 2.45) is 5.92 Å². The standard InChI is InChI=1S/C26H33N3O2/c1-31-22-12-7-11-21(17-22)28-14-15-29-24-13-6-5-8-19(24)16-23(25(29)18-28)26(30)27-20-9-3-2-4-10-20/h5-8,11-13,17,20,23,25H,2-4,9-10,14-16,18H2,1H3,(H,27,30). The summed E-state index contributed by atoms with van der Waals surface area (Å²) in [7, 11) is 1.71. The first-order valence-corrected chi connectivity index (χ1v) is 11.8. The minimum Gasteiger partial charge on any atom is -0.497 e. The lowest BCUT2D eigenvalue weighted by molar-refractivity contribution is -0.126. The van der Waals surface area contributed by atoms with E-state index in [-0.39, 0.29) is 17.9 Å². The molecule has 2 aromatic rings. The molecule has 1 saturated carbocycles. The van der Waals surface area contributed by atoms with Crippen molar-refractivity contribution in [2.75, 3.05) is 36.5 Å². The van der Waals surface area contributed by atoms with Crippen molar-refractivity contribution in [1.82, 2.24) is 5.32 Å². The fourth-order valence-electron chi connectivity index (χ4n) is 5.65. The van der Waals surface area contributed by atoms with E-state index in [1.165, 1.54) is 36.2 Å². The van der Waals surface area contributed by atoms with Gasteiger partial charge in [-0.15, -0.1) is 0 Å². The zero-order valence-electron chi connectivity index (χ0n) is 18.4. The molecular weight excluding hydrogens is 386 g/mol. The first-order chi connectivity index (χ1) is 15.2. The number of hydrogen-bond acceptors (Lipinski definition) is 4. The maximum atomic E-state index is 13.5. The Hall–Kier alpha value is -2.69. The molecule has 0 radical (unpaired) electrons. The molecule has 1 N–H and O–H groups in total. The number of benzene rings is 2. The molecule has 5 heteroatoms. The summed E-state index contributed by atoms with van der Waals surface area (Å²) in [4.78, 5) is 18.4. The second-order valence-electron chi connectivity index (χ2n) is 9.19. The fraction of sp³-hybridized carbons (Fsp3) is 0.500. The molecule has 164 valence electrons. The molecule has 0 aromatic heterocycles. The molecule has 31 heavy (non-hydrogen) atoms. The lowest BCUT2D eigenvalue weighted by Crippen LogP contribution is -2.61. The molecule has 2 atom stereocenters. The van der Waals surface area contributed by atoms with Gasteiger partial charge in [0, 0.05) is 43.1 Å². The number of methoxy groups -OCH3 is 1. The van der Waals surface area contributed by atoms with Crippen LogP contribution in [0.1, 0.15) is 37.7 Å². The monoisotopic (exact) mass is 419 g/mol. The first-order valence-electron chi connectivity index (χ1n) is 11.8. The normalized spacial score (nSPS) is 23.6. The highest BCUT2D eigenvalue weighted by Gasteiger charge is 2.42. The Balaban J connectivity index is 1.40. The summed E-state index contributed by atoms with van der Waals surface area (Å²) in [6.45, 7) is 2.71. The van der Waals surface area contributed by atoms with Gasteiger partial charge in [-0.05, 0) is 43.0 Å². The van der Waals surface area contributed by atoms with E-state index in [0.29, 0.717) is 6.04 Å². The van der Waals surface area contributed by atoms with Gasteiger partial charge in [0.05, 0.1) is 19.1 Å². The maximum Gasteiger partial charge on any atom is 0.225 e. The van der Waals surface area contributed by atoms with E-state index in [1.807, 2.05) is 12.1 Å². The van der Waals surface area contributed by atoms with Gasteiger partial charge in [0.2, 0.25) is 5.91 Å². The molecule has 1 amide bonds. The molecule has 3 aliphatic rings. The van der Waals surface area contributed by atoms with Crippen LogP contribution in [-0.2, 0) is 11.2 Å². The van der Waals surface area contributed by atoms with Crippen LogP contribution < -0.4 is 19.9 Å². The molecule has 2 unspecified atom stereocenters. The summed E-state index contributed by atoms with van der Waals surface area (Å²) in [5.41, 5.74) is 3.78. The number of nitrogens with zero attached hydrogens (tertiary/aromatic N) is 2. The van der Waals surface area contributed by atoms with Crippen LogP contribution in [0.15, 0.2) is 48.5 Å². The van der Waals surface area contributed by atoms with Gasteiger partial charge in [-0.3, -0.25) is 4.79 Å². The second kappa shape index (κ2) is 8.81. The van der Waals surface area contributed by atoms with Crippen molar-refractivity contribution >= 4 is 17.3 Å². The summed E-state index contributed by atoms with van der Waals surface area (Å²) in [6.07, 6.45) is 6.84. The zero-order chi connectivity index (χ0) is 21.2. The minimum atomic E-state index is -0.0229. The molecule has 2 heterocycles. The zero-order valence-corrected chi connectivity index (χ0v) is 18.4. The van der Waals surface area contributed by atoms with Crippen molar-refractivity contribution in [3.63, 3.8) is 0 Å². The quantitative estimate of drug-likeness (QED) is 0.813. The Morgan fingerprint density at radius 3 is 2.71 bits per heavy atom. The second-order valence-corrected chi connectivity index (χ2v) is 9.19. The average molecular weight is 420 g/mol. The molecule has 2 aliphatic heterocycles. The number of carbonyl (C=O) groups is 1. The minimum absolute atomic E-state index is 0.0229. The molecule has 2 fully saturated rings. The maximum absolute atomic E-state index is 13.5. The number of carbonyl (C=O) groups excluding carboxylic acids is 1. The number of para-hydroxylation sites is 1. The van der Waals surface area contributed by atoms with Crippen LogP contribution in [0.3, 0.4) is 0 Å². The van der Waals surface area contributed by atoms with Gasteiger partial charge in [0.1, 0.15) is 5.75 Å². The van der Waals surface area contributed by atoms with Crippen LogP contribution in [0.2, 0.25) is 0 Å². The van der Waals surface area contributed by atoms with E-state index in [4.69, 9.17) is 4.74 Å². The largest absolute Gasteiger partial charge is 0.497 e. The van der Waals surface area contributed by atoms with E-state index in [2.05, 4.69) is 51.5 Å². The third-order valence-corrected chi connectivity index (χ3v) is 7.33. The molecular formula is C26H33N3O2. The summed E-state index contributed by atoms with van der Waals surface area (Å²) < 4.78 is 5.44. The summed E-state index contributed by atoms with van der Waals surface area (Å²) >= 11 is 0. The van der Waals surface area contributed by atoms with Gasteiger partial charge >= 0.3 is 0 Å². The fourth-order valence-corrected chi connectivity index (χ4v) is 5.65. The summed E-state index contributed by atoms with van der Waals surface area (Å²) in [5, 5.41) is 3.42. The molecule has 5 rings (SSSR count). The molecule has 1 aliphatic carbocycles. The van der Waals surface area contributed by atoms with Crippen LogP contribution >= 0.6 is 0 Å². The van der Waals surface area contributed by atoms with E-state index < -0.39 is 0 Å². The third-order valence-electron chi connectivity index (χ3n) is 7.33. The lowest BCUT2D eigenvalue weighted by Gasteiger charge is -2.50. The number of hydrogen-bond donors (Lipinski definition) is 1. The van der Waals surface area contributed by atoms with Gasteiger partial charge in [-0.1, -0.05) is 43.5 Å². The van der Waals surface area contributed by atoms with E-state index >= 15 is 0 Å². The highest BCUT2D eigenvalue weighted by molar-refractivity contribution is 5.82. The van der Waals surface area contributed by atoms with Crippen LogP contribution in [0.4, 0.5) is 11.4 Å². The van der Waals surface area contributed by atoms with Gasteiger partial charge in [-0.25, -0.2) is 0 Å². The Kier molecular flexibility index (Phi) is 5.75. The molecule has 2 aromatic carbocycles. The highest BCUT2D eigenvalue weighted by atomic mass is 16.5. The number of nitrogens with one attached hydrogen (secondary N) is 1. The predicted octanol–water partition coefficient (Wildman–Crippen LogP) is 4.01. The highest BCUT2D eigenvalue weighted by Crippen LogP contribution is 2.37. The molecule has 5 nitrogen and oxygen atoms in total. The van der Waals surface area contributed by atoms with Crippen molar-refractivity contribution < 1.29 is 9.53 Å². The Morgan fingerprint density at radius 2 is 1.87 bits per heavy atom. The Morgan fingerprint density at radius 1 is 1.03 bits per heavy atom. The van der Waals surface area contributed by atoms with Gasteiger partial charge in [0.15, 0.2) is 0 Å². The number of anilines is 2. The van der Waals surface area contributed by atoms with Crippen molar-refractivity contribution in [2.45, 2.75) is 50.6 Å². The lowest BCUT2D eigenvalue weighted by atomic mass is 9.82. The van der Waals surface area contributed by atoms with Gasteiger partial charge in [0.25, 0.3) is 0 Å². The number of piperazine rings is 1. The molecule has 0 spiro atoms. The number of amides is 1. The van der Waals surface area contributed by atoms with Crippen LogP contribution in [0, 0.1) is 5.92 Å². The predicted molar refractivity (Wildman–Crippen MR) is 125 cm³/mol. The smallest absolute Gasteiger partial charge is 0.225 e. The third kappa shape index (κ3) is 4.10. The number of fused-ring (bicyclic) bond motifs is 3. The first kappa shape index (κ1) is 20.2. The van der Waals surface area contributed by atoms with E-state index in [1.54, 1.807) is 7.11 Å². The average Bonchev–Trinajstić information content (AvgIpc) is 2.83. The van der Waals surface area contributed by atoms with Crippen LogP contribution in [0.5, 0.6) is 5.75 Å². The summed E-state index contributed by atoms with van der Waals surface area (Å²) in [6, 6.07) is 17.4. The van der Waals surface area contributed by atoms with Gasteiger partial charge < -0.3 is 19.9 Å². The summed E-state index contributed by atoms with van der Waals surface area (Å²) in [5.74, 6) is 1.09. The van der Waals surface area contributed by atoms with Gasteiger partial charge in [-0.2, -0.15) is 0 Å². The number of rotatable bonds is 4. The SMILES string of the molecule is COc1cccc(N2CCN3c4ccccc4CC(C(=O)NC4CCCCC4)C3C2)c1. The Labute approximate surface area is 185 Å². The van der Waals surface area contributed by atoms with E-state index in [0.717, 1.165) is 44.6 Å². The topological polar surface area (TPSA) is 44.8 Å². The van der Waals surface area contributed by atoms with Crippen LogP contribution in [0.25, 0.3) is 0 Å². The van der Waals surface area contributed by atoms with E-state index in [9.17, 15) is 4.79 Å². The van der Waals surface area contributed by atoms with Crippen molar-refractivity contribution in [3.05, 3.63) is 54.1 Å². The van der Waals surface area contributed by atoms with Crippen molar-refractivity contribution in [1.29, 1.82) is 0 Å².